The molecule has 29 heavy (non-hydrogen) atoms. The first-order valence-electron chi connectivity index (χ1n) is 11.2. The van der Waals surface area contributed by atoms with Gasteiger partial charge in [-0.2, -0.15) is 0 Å². The molecule has 2 N–H and O–H groups in total. The Labute approximate surface area is 177 Å². The average molecular weight is 414 g/mol. The number of aliphatic carboxylic acids is 2. The van der Waals surface area contributed by atoms with Crippen LogP contribution in [0.1, 0.15) is 92.9 Å². The average Bonchev–Trinajstić information content (AvgIpc) is 2.68. The smallest absolute Gasteiger partial charge is 0.320 e. The fourth-order valence-corrected chi connectivity index (χ4v) is 3.44. The predicted octanol–water partition coefficient (Wildman–Crippen LogP) is 4.85. The Hall–Kier alpha value is -1.43. The molecule has 0 spiro atoms. The van der Waals surface area contributed by atoms with Crippen molar-refractivity contribution in [1.29, 1.82) is 0 Å². The van der Waals surface area contributed by atoms with Gasteiger partial charge in [-0.3, -0.25) is 19.3 Å². The van der Waals surface area contributed by atoms with Crippen LogP contribution in [0.5, 0.6) is 0 Å². The number of rotatable bonds is 5. The van der Waals surface area contributed by atoms with Crippen molar-refractivity contribution in [2.75, 3.05) is 6.54 Å². The SMILES string of the molecule is CC(=O)C(C)C.CC(C)C(C)N1CCCCC1C(=O)O.O=C(O)C1CCCCC1. The Morgan fingerprint density at radius 3 is 1.62 bits per heavy atom. The summed E-state index contributed by atoms with van der Waals surface area (Å²) in [7, 11) is 0. The van der Waals surface area contributed by atoms with Gasteiger partial charge in [0.05, 0.1) is 5.92 Å². The Morgan fingerprint density at radius 1 is 0.793 bits per heavy atom. The second-order valence-corrected chi connectivity index (χ2v) is 9.01. The molecule has 2 rings (SSSR count). The molecule has 1 saturated heterocycles. The van der Waals surface area contributed by atoms with E-state index in [1.807, 2.05) is 13.8 Å². The summed E-state index contributed by atoms with van der Waals surface area (Å²) in [5.41, 5.74) is 0. The number of carboxylic acid groups (broad SMARTS) is 2. The van der Waals surface area contributed by atoms with Crippen LogP contribution >= 0.6 is 0 Å². The summed E-state index contributed by atoms with van der Waals surface area (Å²) in [5, 5.41) is 17.6. The second kappa shape index (κ2) is 14.5. The highest BCUT2D eigenvalue weighted by molar-refractivity contribution is 5.77. The summed E-state index contributed by atoms with van der Waals surface area (Å²) in [6.45, 7) is 12.8. The lowest BCUT2D eigenvalue weighted by Gasteiger charge is -2.39. The van der Waals surface area contributed by atoms with Crippen molar-refractivity contribution >= 4 is 17.7 Å². The molecule has 0 radical (unpaired) electrons. The van der Waals surface area contributed by atoms with Crippen LogP contribution in [0.2, 0.25) is 0 Å². The minimum atomic E-state index is -0.655. The highest BCUT2D eigenvalue weighted by Gasteiger charge is 2.32. The minimum Gasteiger partial charge on any atom is -0.481 e. The highest BCUT2D eigenvalue weighted by atomic mass is 16.4. The summed E-state index contributed by atoms with van der Waals surface area (Å²) < 4.78 is 0. The molecule has 1 aliphatic heterocycles. The maximum atomic E-state index is 11.1. The third-order valence-corrected chi connectivity index (χ3v) is 6.08. The van der Waals surface area contributed by atoms with Crippen molar-refractivity contribution in [3.8, 4) is 0 Å². The molecular weight excluding hydrogens is 370 g/mol. The molecule has 0 amide bonds. The normalized spacial score (nSPS) is 21.4. The number of hydrogen-bond donors (Lipinski definition) is 2. The molecule has 0 aromatic carbocycles. The summed E-state index contributed by atoms with van der Waals surface area (Å²) in [6.07, 6.45) is 8.24. The van der Waals surface area contributed by atoms with Gasteiger partial charge in [-0.1, -0.05) is 53.4 Å². The van der Waals surface area contributed by atoms with E-state index in [1.165, 1.54) is 6.42 Å². The Kier molecular flexibility index (Phi) is 13.8. The van der Waals surface area contributed by atoms with E-state index in [0.29, 0.717) is 12.0 Å². The van der Waals surface area contributed by atoms with Crippen LogP contribution in [0.15, 0.2) is 0 Å². The zero-order valence-corrected chi connectivity index (χ0v) is 19.3. The van der Waals surface area contributed by atoms with Gasteiger partial charge in [0, 0.05) is 12.0 Å². The quantitative estimate of drug-likeness (QED) is 0.669. The van der Waals surface area contributed by atoms with Crippen molar-refractivity contribution in [3.63, 3.8) is 0 Å². The molecule has 6 heteroatoms. The van der Waals surface area contributed by atoms with Crippen molar-refractivity contribution < 1.29 is 24.6 Å². The Balaban J connectivity index is 0.000000448. The number of carboxylic acids is 2. The number of piperidine rings is 1. The molecule has 170 valence electrons. The van der Waals surface area contributed by atoms with Gasteiger partial charge in [0.15, 0.2) is 0 Å². The monoisotopic (exact) mass is 413 g/mol. The van der Waals surface area contributed by atoms with Crippen molar-refractivity contribution in [2.45, 2.75) is 105 Å². The fourth-order valence-electron chi connectivity index (χ4n) is 3.44. The number of carbonyl (C=O) groups excluding carboxylic acids is 1. The summed E-state index contributed by atoms with van der Waals surface area (Å²) in [6, 6.07) is 0.123. The van der Waals surface area contributed by atoms with Crippen LogP contribution in [-0.2, 0) is 14.4 Å². The van der Waals surface area contributed by atoms with E-state index >= 15 is 0 Å². The lowest BCUT2D eigenvalue weighted by Crippen LogP contribution is -2.50. The topological polar surface area (TPSA) is 94.9 Å². The van der Waals surface area contributed by atoms with Crippen LogP contribution in [0, 0.1) is 17.8 Å². The van der Waals surface area contributed by atoms with Gasteiger partial charge in [0.25, 0.3) is 0 Å². The number of ketones is 1. The lowest BCUT2D eigenvalue weighted by molar-refractivity contribution is -0.146. The van der Waals surface area contributed by atoms with Crippen LogP contribution in [0.3, 0.4) is 0 Å². The Morgan fingerprint density at radius 2 is 1.28 bits per heavy atom. The molecule has 2 unspecified atom stereocenters. The first-order valence-corrected chi connectivity index (χ1v) is 11.2. The molecule has 0 aromatic rings. The summed E-state index contributed by atoms with van der Waals surface area (Å²) in [4.78, 5) is 33.7. The second-order valence-electron chi connectivity index (χ2n) is 9.01. The minimum absolute atomic E-state index is 0.0289. The predicted molar refractivity (Wildman–Crippen MR) is 116 cm³/mol. The fraction of sp³-hybridized carbons (Fsp3) is 0.870. The van der Waals surface area contributed by atoms with E-state index in [1.54, 1.807) is 6.92 Å². The molecule has 1 saturated carbocycles. The van der Waals surface area contributed by atoms with Crippen molar-refractivity contribution in [2.24, 2.45) is 17.8 Å². The van der Waals surface area contributed by atoms with Crippen molar-refractivity contribution in [3.05, 3.63) is 0 Å². The molecule has 2 aliphatic rings. The van der Waals surface area contributed by atoms with E-state index in [0.717, 1.165) is 51.5 Å². The van der Waals surface area contributed by atoms with Crippen LogP contribution in [0.25, 0.3) is 0 Å². The van der Waals surface area contributed by atoms with Gasteiger partial charge >= 0.3 is 11.9 Å². The largest absolute Gasteiger partial charge is 0.481 e. The number of nitrogens with zero attached hydrogens (tertiary/aromatic N) is 1. The molecule has 2 fully saturated rings. The maximum Gasteiger partial charge on any atom is 0.320 e. The van der Waals surface area contributed by atoms with Crippen LogP contribution < -0.4 is 0 Å². The molecule has 0 bridgehead atoms. The number of Topliss-reactive ketones (excluding diaryl/α,β-unsaturated/α-hetero) is 1. The highest BCUT2D eigenvalue weighted by Crippen LogP contribution is 2.24. The molecule has 1 aliphatic carbocycles. The first kappa shape index (κ1) is 27.6. The van der Waals surface area contributed by atoms with Gasteiger partial charge in [-0.05, 0) is 52.0 Å². The molecule has 0 aromatic heterocycles. The molecular formula is C23H43NO5. The van der Waals surface area contributed by atoms with Crippen LogP contribution in [0.4, 0.5) is 0 Å². The molecule has 6 nitrogen and oxygen atoms in total. The van der Waals surface area contributed by atoms with Gasteiger partial charge in [0.2, 0.25) is 0 Å². The van der Waals surface area contributed by atoms with Crippen LogP contribution in [-0.4, -0.2) is 51.5 Å². The zero-order valence-electron chi connectivity index (χ0n) is 19.3. The van der Waals surface area contributed by atoms with Gasteiger partial charge in [-0.15, -0.1) is 0 Å². The molecule has 1 heterocycles. The summed E-state index contributed by atoms with van der Waals surface area (Å²) >= 11 is 0. The van der Waals surface area contributed by atoms with E-state index in [9.17, 15) is 14.4 Å². The standard InChI is InChI=1S/C11H21NO2.C7H12O2.C5H10O/c1-8(2)9(3)12-7-5-4-6-10(12)11(13)14;8-7(9)6-4-2-1-3-5-6;1-4(2)5(3)6/h8-10H,4-7H2,1-3H3,(H,13,14);6H,1-5H2,(H,8,9);4H,1-3H3. The van der Waals surface area contributed by atoms with Gasteiger partial charge in [0.1, 0.15) is 11.8 Å². The zero-order chi connectivity index (χ0) is 22.6. The number of carbonyl (C=O) groups is 3. The van der Waals surface area contributed by atoms with Gasteiger partial charge in [-0.25, -0.2) is 0 Å². The van der Waals surface area contributed by atoms with E-state index in [-0.39, 0.29) is 23.7 Å². The molecule has 2 atom stereocenters. The summed E-state index contributed by atoms with van der Waals surface area (Å²) in [5.74, 6) is -0.291. The number of hydrogen-bond acceptors (Lipinski definition) is 4. The maximum absolute atomic E-state index is 11.1. The third-order valence-electron chi connectivity index (χ3n) is 6.08. The third kappa shape index (κ3) is 11.4. The van der Waals surface area contributed by atoms with Gasteiger partial charge < -0.3 is 10.2 Å². The lowest BCUT2D eigenvalue weighted by atomic mass is 9.90. The Bertz CT molecular complexity index is 497. The number of likely N-dealkylation sites (tertiary alicyclic amines) is 1. The van der Waals surface area contributed by atoms with E-state index in [4.69, 9.17) is 10.2 Å². The van der Waals surface area contributed by atoms with Crippen molar-refractivity contribution in [1.82, 2.24) is 4.90 Å². The van der Waals surface area contributed by atoms with E-state index in [2.05, 4.69) is 25.7 Å². The van der Waals surface area contributed by atoms with E-state index < -0.39 is 11.9 Å². The first-order chi connectivity index (χ1) is 13.5.